The van der Waals surface area contributed by atoms with E-state index in [1.807, 2.05) is 35.2 Å². The van der Waals surface area contributed by atoms with Gasteiger partial charge < -0.3 is 4.90 Å². The van der Waals surface area contributed by atoms with E-state index in [1.165, 1.54) is 24.5 Å². The molecular formula is C22H24FNO. The van der Waals surface area contributed by atoms with Gasteiger partial charge in [0.15, 0.2) is 0 Å². The van der Waals surface area contributed by atoms with Crippen molar-refractivity contribution in [3.8, 4) is 0 Å². The van der Waals surface area contributed by atoms with Crippen molar-refractivity contribution in [2.75, 3.05) is 6.54 Å². The molecule has 2 nitrogen and oxygen atoms in total. The molecule has 0 bridgehead atoms. The van der Waals surface area contributed by atoms with E-state index in [-0.39, 0.29) is 17.8 Å². The van der Waals surface area contributed by atoms with Gasteiger partial charge in [-0.1, -0.05) is 55.3 Å². The summed E-state index contributed by atoms with van der Waals surface area (Å²) >= 11 is 0. The second-order valence-electron chi connectivity index (χ2n) is 7.31. The fourth-order valence-electron chi connectivity index (χ4n) is 4.45. The van der Waals surface area contributed by atoms with E-state index in [1.54, 1.807) is 6.07 Å². The lowest BCUT2D eigenvalue weighted by Gasteiger charge is -2.38. The molecule has 0 saturated heterocycles. The Balaban J connectivity index is 1.70. The average molecular weight is 337 g/mol. The summed E-state index contributed by atoms with van der Waals surface area (Å²) in [4.78, 5) is 15.0. The van der Waals surface area contributed by atoms with Gasteiger partial charge in [-0.3, -0.25) is 4.79 Å². The zero-order valence-corrected chi connectivity index (χ0v) is 14.5. The van der Waals surface area contributed by atoms with Crippen molar-refractivity contribution in [3.05, 3.63) is 71.0 Å². The SMILES string of the molecule is O=C(CC1CCCC1)N1CCc2ccccc2C1c1ccccc1F. The third-order valence-electron chi connectivity index (χ3n) is 5.74. The summed E-state index contributed by atoms with van der Waals surface area (Å²) in [6, 6.07) is 14.7. The van der Waals surface area contributed by atoms with Gasteiger partial charge in [-0.2, -0.15) is 0 Å². The number of benzene rings is 2. The van der Waals surface area contributed by atoms with E-state index < -0.39 is 0 Å². The monoisotopic (exact) mass is 337 g/mol. The molecule has 2 aliphatic rings. The number of hydrogen-bond donors (Lipinski definition) is 0. The molecule has 1 heterocycles. The number of nitrogens with zero attached hydrogens (tertiary/aromatic N) is 1. The molecule has 3 heteroatoms. The summed E-state index contributed by atoms with van der Waals surface area (Å²) in [6.45, 7) is 0.668. The highest BCUT2D eigenvalue weighted by Crippen LogP contribution is 2.38. The zero-order valence-electron chi connectivity index (χ0n) is 14.5. The van der Waals surface area contributed by atoms with Crippen LogP contribution in [0, 0.1) is 11.7 Å². The van der Waals surface area contributed by atoms with E-state index in [9.17, 15) is 9.18 Å². The molecule has 1 atom stereocenters. The molecule has 25 heavy (non-hydrogen) atoms. The number of fused-ring (bicyclic) bond motifs is 1. The van der Waals surface area contributed by atoms with Crippen LogP contribution >= 0.6 is 0 Å². The average Bonchev–Trinajstić information content (AvgIpc) is 3.14. The van der Waals surface area contributed by atoms with Crippen LogP contribution < -0.4 is 0 Å². The van der Waals surface area contributed by atoms with Crippen molar-refractivity contribution in [2.24, 2.45) is 5.92 Å². The van der Waals surface area contributed by atoms with Crippen LogP contribution in [0.1, 0.15) is 54.8 Å². The molecular weight excluding hydrogens is 313 g/mol. The van der Waals surface area contributed by atoms with Gasteiger partial charge in [0, 0.05) is 18.5 Å². The number of rotatable bonds is 3. The highest BCUT2D eigenvalue weighted by molar-refractivity contribution is 5.78. The van der Waals surface area contributed by atoms with Gasteiger partial charge in [0.1, 0.15) is 5.82 Å². The van der Waals surface area contributed by atoms with Gasteiger partial charge in [-0.15, -0.1) is 0 Å². The van der Waals surface area contributed by atoms with Crippen LogP contribution in [0.5, 0.6) is 0 Å². The molecule has 1 saturated carbocycles. The standard InChI is InChI=1S/C22H24FNO/c23-20-12-6-5-11-19(20)22-18-10-4-3-9-17(18)13-14-24(22)21(25)15-16-7-1-2-8-16/h3-6,9-12,16,22H,1-2,7-8,13-15H2. The molecule has 1 fully saturated rings. The van der Waals surface area contributed by atoms with Crippen LogP contribution in [0.15, 0.2) is 48.5 Å². The fourth-order valence-corrected chi connectivity index (χ4v) is 4.45. The first-order chi connectivity index (χ1) is 12.2. The molecule has 4 rings (SSSR count). The molecule has 0 aromatic heterocycles. The number of halogens is 1. The first-order valence-electron chi connectivity index (χ1n) is 9.36. The van der Waals surface area contributed by atoms with E-state index >= 15 is 0 Å². The molecule has 2 aromatic rings. The summed E-state index contributed by atoms with van der Waals surface area (Å²) in [5.74, 6) is 0.448. The van der Waals surface area contributed by atoms with E-state index in [4.69, 9.17) is 0 Å². The molecule has 0 radical (unpaired) electrons. The largest absolute Gasteiger partial charge is 0.331 e. The molecule has 0 N–H and O–H groups in total. The van der Waals surface area contributed by atoms with Gasteiger partial charge >= 0.3 is 0 Å². The molecule has 130 valence electrons. The number of carbonyl (C=O) groups is 1. The Kier molecular flexibility index (Phi) is 4.56. The Morgan fingerprint density at radius 3 is 2.44 bits per heavy atom. The summed E-state index contributed by atoms with van der Waals surface area (Å²) in [5, 5.41) is 0. The Morgan fingerprint density at radius 1 is 1.00 bits per heavy atom. The number of hydrogen-bond acceptors (Lipinski definition) is 1. The molecule has 0 spiro atoms. The normalized spacial score (nSPS) is 20.5. The lowest BCUT2D eigenvalue weighted by molar-refractivity contribution is -0.134. The predicted molar refractivity (Wildman–Crippen MR) is 96.7 cm³/mol. The van der Waals surface area contributed by atoms with Crippen LogP contribution in [0.3, 0.4) is 0 Å². The van der Waals surface area contributed by atoms with Gasteiger partial charge in [-0.05, 0) is 42.4 Å². The van der Waals surface area contributed by atoms with Gasteiger partial charge in [-0.25, -0.2) is 4.39 Å². The van der Waals surface area contributed by atoms with Crippen molar-refractivity contribution in [2.45, 2.75) is 44.6 Å². The van der Waals surface area contributed by atoms with Crippen LogP contribution in [-0.4, -0.2) is 17.4 Å². The Labute approximate surface area is 148 Å². The Bertz CT molecular complexity index is 766. The summed E-state index contributed by atoms with van der Waals surface area (Å²) in [6.07, 6.45) is 6.22. The fraction of sp³-hybridized carbons (Fsp3) is 0.409. The van der Waals surface area contributed by atoms with Gasteiger partial charge in [0.05, 0.1) is 6.04 Å². The summed E-state index contributed by atoms with van der Waals surface area (Å²) in [5.41, 5.74) is 2.90. The second-order valence-corrected chi connectivity index (χ2v) is 7.31. The number of carbonyl (C=O) groups excluding carboxylic acids is 1. The van der Waals surface area contributed by atoms with Crippen LogP contribution in [-0.2, 0) is 11.2 Å². The Hall–Kier alpha value is -2.16. The van der Waals surface area contributed by atoms with E-state index in [0.717, 1.165) is 24.8 Å². The van der Waals surface area contributed by atoms with Crippen molar-refractivity contribution < 1.29 is 9.18 Å². The molecule has 1 unspecified atom stereocenters. The third kappa shape index (κ3) is 3.20. The lowest BCUT2D eigenvalue weighted by atomic mass is 9.87. The van der Waals surface area contributed by atoms with E-state index in [2.05, 4.69) is 6.07 Å². The molecule has 1 amide bonds. The van der Waals surface area contributed by atoms with Gasteiger partial charge in [0.2, 0.25) is 5.91 Å². The first-order valence-corrected chi connectivity index (χ1v) is 9.36. The topological polar surface area (TPSA) is 20.3 Å². The predicted octanol–water partition coefficient (Wildman–Crippen LogP) is 4.88. The first kappa shape index (κ1) is 16.3. The molecule has 2 aromatic carbocycles. The van der Waals surface area contributed by atoms with Crippen LogP contribution in [0.4, 0.5) is 4.39 Å². The Morgan fingerprint density at radius 2 is 1.68 bits per heavy atom. The number of amides is 1. The maximum atomic E-state index is 14.6. The van der Waals surface area contributed by atoms with Crippen LogP contribution in [0.2, 0.25) is 0 Å². The smallest absolute Gasteiger partial charge is 0.223 e. The minimum atomic E-state index is -0.306. The van der Waals surface area contributed by atoms with Crippen molar-refractivity contribution in [1.29, 1.82) is 0 Å². The zero-order chi connectivity index (χ0) is 17.2. The maximum Gasteiger partial charge on any atom is 0.223 e. The second kappa shape index (κ2) is 6.99. The third-order valence-corrected chi connectivity index (χ3v) is 5.74. The summed E-state index contributed by atoms with van der Waals surface area (Å²) < 4.78 is 14.6. The minimum absolute atomic E-state index is 0.176. The van der Waals surface area contributed by atoms with Crippen molar-refractivity contribution in [3.63, 3.8) is 0 Å². The minimum Gasteiger partial charge on any atom is -0.331 e. The van der Waals surface area contributed by atoms with Crippen molar-refractivity contribution in [1.82, 2.24) is 4.90 Å². The highest BCUT2D eigenvalue weighted by Gasteiger charge is 2.34. The highest BCUT2D eigenvalue weighted by atomic mass is 19.1. The summed E-state index contributed by atoms with van der Waals surface area (Å²) in [7, 11) is 0. The van der Waals surface area contributed by atoms with Crippen molar-refractivity contribution >= 4 is 5.91 Å². The lowest BCUT2D eigenvalue weighted by Crippen LogP contribution is -2.41. The van der Waals surface area contributed by atoms with Gasteiger partial charge in [0.25, 0.3) is 0 Å². The maximum absolute atomic E-state index is 14.6. The molecule has 1 aliphatic carbocycles. The van der Waals surface area contributed by atoms with Crippen LogP contribution in [0.25, 0.3) is 0 Å². The van der Waals surface area contributed by atoms with E-state index in [0.29, 0.717) is 24.4 Å². The quantitative estimate of drug-likeness (QED) is 0.782. The molecule has 1 aliphatic heterocycles.